The number of hydrogen-bond donors (Lipinski definition) is 0. The molecular formula is C14H14Cl2INO3. The van der Waals surface area contributed by atoms with E-state index in [9.17, 15) is 9.59 Å². The SMILES string of the molecule is COC(=O)C1CCN(C(=O)c2cc(Cl)cc(Cl)c2I)CC1. The van der Waals surface area contributed by atoms with Crippen LogP contribution in [-0.2, 0) is 9.53 Å². The summed E-state index contributed by atoms with van der Waals surface area (Å²) in [4.78, 5) is 25.8. The average molecular weight is 442 g/mol. The minimum atomic E-state index is -0.206. The van der Waals surface area contributed by atoms with E-state index >= 15 is 0 Å². The molecule has 0 saturated carbocycles. The van der Waals surface area contributed by atoms with Crippen LogP contribution >= 0.6 is 45.8 Å². The standard InChI is InChI=1S/C14H14Cl2INO3/c1-21-14(20)8-2-4-18(5-3-8)13(19)10-6-9(15)7-11(16)12(10)17/h6-8H,2-5H2,1H3. The molecule has 1 amide bonds. The van der Waals surface area contributed by atoms with Gasteiger partial charge >= 0.3 is 5.97 Å². The summed E-state index contributed by atoms with van der Waals surface area (Å²) < 4.78 is 5.44. The fraction of sp³-hybridized carbons (Fsp3) is 0.429. The molecule has 1 aliphatic rings. The van der Waals surface area contributed by atoms with Crippen molar-refractivity contribution in [3.63, 3.8) is 0 Å². The van der Waals surface area contributed by atoms with E-state index in [0.29, 0.717) is 45.1 Å². The lowest BCUT2D eigenvalue weighted by Crippen LogP contribution is -2.40. The molecule has 0 aromatic heterocycles. The number of nitrogens with zero attached hydrogens (tertiary/aromatic N) is 1. The van der Waals surface area contributed by atoms with Gasteiger partial charge in [-0.05, 0) is 47.6 Å². The lowest BCUT2D eigenvalue weighted by atomic mass is 9.96. The quantitative estimate of drug-likeness (QED) is 0.400. The predicted octanol–water partition coefficient (Wildman–Crippen LogP) is 3.62. The Kier molecular flexibility index (Phi) is 5.73. The fourth-order valence-corrected chi connectivity index (χ4v) is 3.40. The van der Waals surface area contributed by atoms with Crippen LogP contribution in [0.5, 0.6) is 0 Å². The number of methoxy groups -OCH3 is 1. The lowest BCUT2D eigenvalue weighted by Gasteiger charge is -2.31. The number of benzene rings is 1. The first-order valence-corrected chi connectivity index (χ1v) is 8.29. The van der Waals surface area contributed by atoms with Crippen molar-refractivity contribution in [2.45, 2.75) is 12.8 Å². The first-order chi connectivity index (χ1) is 9.93. The number of halogens is 3. The average Bonchev–Trinajstić information content (AvgIpc) is 2.49. The van der Waals surface area contributed by atoms with Crippen LogP contribution in [0, 0.1) is 9.49 Å². The highest BCUT2D eigenvalue weighted by molar-refractivity contribution is 14.1. The summed E-state index contributed by atoms with van der Waals surface area (Å²) >= 11 is 14.1. The second-order valence-corrected chi connectivity index (χ2v) is 6.76. The van der Waals surface area contributed by atoms with E-state index < -0.39 is 0 Å². The number of hydrogen-bond acceptors (Lipinski definition) is 3. The Morgan fingerprint density at radius 3 is 2.48 bits per heavy atom. The van der Waals surface area contributed by atoms with Crippen molar-refractivity contribution in [3.05, 3.63) is 31.3 Å². The molecule has 0 atom stereocenters. The van der Waals surface area contributed by atoms with Crippen molar-refractivity contribution in [2.24, 2.45) is 5.92 Å². The van der Waals surface area contributed by atoms with Crippen LogP contribution in [0.1, 0.15) is 23.2 Å². The molecule has 1 fully saturated rings. The molecule has 0 unspecified atom stereocenters. The molecule has 1 heterocycles. The highest BCUT2D eigenvalue weighted by Crippen LogP contribution is 2.29. The van der Waals surface area contributed by atoms with E-state index in [1.807, 2.05) is 22.6 Å². The van der Waals surface area contributed by atoms with E-state index in [1.165, 1.54) is 7.11 Å². The van der Waals surface area contributed by atoms with E-state index in [1.54, 1.807) is 17.0 Å². The van der Waals surface area contributed by atoms with Crippen molar-refractivity contribution >= 4 is 57.7 Å². The number of amides is 1. The van der Waals surface area contributed by atoms with Crippen LogP contribution in [0.3, 0.4) is 0 Å². The summed E-state index contributed by atoms with van der Waals surface area (Å²) in [6.07, 6.45) is 1.23. The van der Waals surface area contributed by atoms with E-state index in [2.05, 4.69) is 0 Å². The normalized spacial score (nSPS) is 15.9. The number of rotatable bonds is 2. The van der Waals surface area contributed by atoms with Gasteiger partial charge < -0.3 is 9.64 Å². The number of piperidine rings is 1. The van der Waals surface area contributed by atoms with Crippen LogP contribution in [0.4, 0.5) is 0 Å². The van der Waals surface area contributed by atoms with Gasteiger partial charge in [-0.2, -0.15) is 0 Å². The smallest absolute Gasteiger partial charge is 0.308 e. The molecule has 4 nitrogen and oxygen atoms in total. The van der Waals surface area contributed by atoms with Crippen molar-refractivity contribution < 1.29 is 14.3 Å². The lowest BCUT2D eigenvalue weighted by molar-refractivity contribution is -0.146. The maximum absolute atomic E-state index is 12.6. The zero-order valence-electron chi connectivity index (χ0n) is 11.4. The van der Waals surface area contributed by atoms with Gasteiger partial charge in [-0.3, -0.25) is 9.59 Å². The molecule has 0 N–H and O–H groups in total. The molecular weight excluding hydrogens is 428 g/mol. The molecule has 1 aromatic rings. The Bertz CT molecular complexity index is 572. The maximum Gasteiger partial charge on any atom is 0.308 e. The van der Waals surface area contributed by atoms with Crippen LogP contribution in [0.2, 0.25) is 10.0 Å². The van der Waals surface area contributed by atoms with E-state index in [4.69, 9.17) is 27.9 Å². The van der Waals surface area contributed by atoms with Crippen LogP contribution < -0.4 is 0 Å². The van der Waals surface area contributed by atoms with Crippen LogP contribution in [0.15, 0.2) is 12.1 Å². The van der Waals surface area contributed by atoms with Gasteiger partial charge in [0.2, 0.25) is 0 Å². The third-order valence-corrected chi connectivity index (χ3v) is 5.54. The van der Waals surface area contributed by atoms with Crippen molar-refractivity contribution in [2.75, 3.05) is 20.2 Å². The first-order valence-electron chi connectivity index (χ1n) is 6.45. The topological polar surface area (TPSA) is 46.6 Å². The number of esters is 1. The van der Waals surface area contributed by atoms with Gasteiger partial charge in [0.15, 0.2) is 0 Å². The summed E-state index contributed by atoms with van der Waals surface area (Å²) in [6, 6.07) is 3.25. The minimum Gasteiger partial charge on any atom is -0.469 e. The van der Waals surface area contributed by atoms with Crippen LogP contribution in [0.25, 0.3) is 0 Å². The molecule has 0 radical (unpaired) electrons. The minimum absolute atomic E-state index is 0.105. The molecule has 2 rings (SSSR count). The summed E-state index contributed by atoms with van der Waals surface area (Å²) in [5, 5.41) is 0.907. The molecule has 1 saturated heterocycles. The summed E-state index contributed by atoms with van der Waals surface area (Å²) in [5.74, 6) is -0.435. The summed E-state index contributed by atoms with van der Waals surface area (Å²) in [7, 11) is 1.39. The van der Waals surface area contributed by atoms with Gasteiger partial charge in [0.1, 0.15) is 0 Å². The van der Waals surface area contributed by atoms with Gasteiger partial charge in [-0.1, -0.05) is 23.2 Å². The zero-order valence-corrected chi connectivity index (χ0v) is 15.0. The van der Waals surface area contributed by atoms with E-state index in [0.717, 1.165) is 0 Å². The van der Waals surface area contributed by atoms with E-state index in [-0.39, 0.29) is 17.8 Å². The molecule has 0 aliphatic carbocycles. The number of carbonyl (C=O) groups is 2. The highest BCUT2D eigenvalue weighted by Gasteiger charge is 2.29. The largest absolute Gasteiger partial charge is 0.469 e. The first kappa shape index (κ1) is 16.8. The second kappa shape index (κ2) is 7.15. The fourth-order valence-electron chi connectivity index (χ4n) is 2.37. The Morgan fingerprint density at radius 2 is 1.90 bits per heavy atom. The van der Waals surface area contributed by atoms with Gasteiger partial charge in [0.05, 0.1) is 23.6 Å². The monoisotopic (exact) mass is 441 g/mol. The van der Waals surface area contributed by atoms with Gasteiger partial charge in [0.25, 0.3) is 5.91 Å². The molecule has 21 heavy (non-hydrogen) atoms. The molecule has 1 aromatic carbocycles. The third-order valence-electron chi connectivity index (χ3n) is 3.54. The molecule has 1 aliphatic heterocycles. The number of likely N-dealkylation sites (tertiary alicyclic amines) is 1. The molecule has 0 spiro atoms. The summed E-state index contributed by atoms with van der Waals surface area (Å²) in [6.45, 7) is 1.05. The van der Waals surface area contributed by atoms with Gasteiger partial charge in [-0.15, -0.1) is 0 Å². The summed E-state index contributed by atoms with van der Waals surface area (Å²) in [5.41, 5.74) is 0.504. The second-order valence-electron chi connectivity index (χ2n) is 4.84. The Morgan fingerprint density at radius 1 is 1.29 bits per heavy atom. The number of carbonyl (C=O) groups excluding carboxylic acids is 2. The Hall–Kier alpha value is -0.530. The van der Waals surface area contributed by atoms with Crippen molar-refractivity contribution in [1.82, 2.24) is 4.90 Å². The van der Waals surface area contributed by atoms with Gasteiger partial charge in [0, 0.05) is 21.7 Å². The molecule has 7 heteroatoms. The Balaban J connectivity index is 2.11. The molecule has 0 bridgehead atoms. The Labute approximate surface area is 146 Å². The third kappa shape index (κ3) is 3.81. The maximum atomic E-state index is 12.6. The van der Waals surface area contributed by atoms with Crippen molar-refractivity contribution in [3.8, 4) is 0 Å². The van der Waals surface area contributed by atoms with Gasteiger partial charge in [-0.25, -0.2) is 0 Å². The number of ether oxygens (including phenoxy) is 1. The van der Waals surface area contributed by atoms with Crippen molar-refractivity contribution in [1.29, 1.82) is 0 Å². The highest BCUT2D eigenvalue weighted by atomic mass is 127. The van der Waals surface area contributed by atoms with Crippen LogP contribution in [-0.4, -0.2) is 37.0 Å². The predicted molar refractivity (Wildman–Crippen MR) is 89.8 cm³/mol. The zero-order chi connectivity index (χ0) is 15.6. The molecule has 114 valence electrons.